The summed E-state index contributed by atoms with van der Waals surface area (Å²) < 4.78 is 11.1. The van der Waals surface area contributed by atoms with Crippen molar-refractivity contribution in [3.8, 4) is 0 Å². The van der Waals surface area contributed by atoms with E-state index in [1.807, 2.05) is 39.0 Å². The predicted octanol–water partition coefficient (Wildman–Crippen LogP) is 2.61. The number of hydrogen-bond donors (Lipinski definition) is 0. The van der Waals surface area contributed by atoms with Crippen LogP contribution in [0.2, 0.25) is 0 Å². The monoisotopic (exact) mass is 278 g/mol. The summed E-state index contributed by atoms with van der Waals surface area (Å²) in [5, 5.41) is 0. The maximum absolute atomic E-state index is 11.9. The van der Waals surface area contributed by atoms with Gasteiger partial charge in [-0.15, -0.1) is 0 Å². The van der Waals surface area contributed by atoms with Crippen molar-refractivity contribution in [1.82, 2.24) is 9.88 Å². The second kappa shape index (κ2) is 6.22. The molecule has 1 saturated heterocycles. The van der Waals surface area contributed by atoms with Crippen LogP contribution in [0.5, 0.6) is 0 Å². The zero-order chi connectivity index (χ0) is 14.6. The zero-order valence-electron chi connectivity index (χ0n) is 12.3. The van der Waals surface area contributed by atoms with Gasteiger partial charge in [-0.1, -0.05) is 6.07 Å². The van der Waals surface area contributed by atoms with Crippen molar-refractivity contribution < 1.29 is 14.3 Å². The Bertz CT molecular complexity index is 442. The van der Waals surface area contributed by atoms with Crippen molar-refractivity contribution in [2.45, 2.75) is 45.5 Å². The average Bonchev–Trinajstić information content (AvgIpc) is 2.84. The molecule has 110 valence electrons. The number of nitrogens with zero attached hydrogens (tertiary/aromatic N) is 2. The standard InChI is InChI=1S/C15H22N2O3/c1-15(2,3)20-14(18)17-9-7-13(10-17)19-11-12-6-4-5-8-16-12/h4-6,8,13H,7,9-11H2,1-3H3/t13-/m0/s1. The first-order valence-corrected chi connectivity index (χ1v) is 6.93. The van der Waals surface area contributed by atoms with Gasteiger partial charge in [0.2, 0.25) is 0 Å². The Morgan fingerprint density at radius 3 is 2.90 bits per heavy atom. The lowest BCUT2D eigenvalue weighted by atomic mass is 10.2. The highest BCUT2D eigenvalue weighted by molar-refractivity contribution is 5.68. The van der Waals surface area contributed by atoms with E-state index in [9.17, 15) is 4.79 Å². The Kier molecular flexibility index (Phi) is 4.60. The van der Waals surface area contributed by atoms with Crippen LogP contribution in [0.3, 0.4) is 0 Å². The Morgan fingerprint density at radius 1 is 1.45 bits per heavy atom. The number of likely N-dealkylation sites (tertiary alicyclic amines) is 1. The van der Waals surface area contributed by atoms with E-state index in [0.717, 1.165) is 12.1 Å². The first-order chi connectivity index (χ1) is 9.44. The maximum Gasteiger partial charge on any atom is 0.410 e. The minimum absolute atomic E-state index is 0.0597. The van der Waals surface area contributed by atoms with Crippen LogP contribution in [-0.2, 0) is 16.1 Å². The normalized spacial score (nSPS) is 19.1. The van der Waals surface area contributed by atoms with Gasteiger partial charge in [0, 0.05) is 12.7 Å². The highest BCUT2D eigenvalue weighted by Crippen LogP contribution is 2.17. The van der Waals surface area contributed by atoms with E-state index < -0.39 is 5.60 Å². The second-order valence-corrected chi connectivity index (χ2v) is 5.97. The molecule has 0 unspecified atom stereocenters. The molecule has 2 heterocycles. The third-order valence-corrected chi connectivity index (χ3v) is 2.99. The molecule has 5 heteroatoms. The fourth-order valence-corrected chi connectivity index (χ4v) is 2.04. The molecule has 1 aromatic rings. The molecule has 0 N–H and O–H groups in total. The van der Waals surface area contributed by atoms with Gasteiger partial charge < -0.3 is 14.4 Å². The van der Waals surface area contributed by atoms with Gasteiger partial charge in [0.05, 0.1) is 24.9 Å². The molecule has 20 heavy (non-hydrogen) atoms. The van der Waals surface area contributed by atoms with E-state index >= 15 is 0 Å². The summed E-state index contributed by atoms with van der Waals surface area (Å²) >= 11 is 0. The molecular formula is C15H22N2O3. The lowest BCUT2D eigenvalue weighted by molar-refractivity contribution is 0.0180. The van der Waals surface area contributed by atoms with Crippen LogP contribution in [0.4, 0.5) is 4.79 Å². The van der Waals surface area contributed by atoms with E-state index in [-0.39, 0.29) is 12.2 Å². The fraction of sp³-hybridized carbons (Fsp3) is 0.600. The number of ether oxygens (including phenoxy) is 2. The predicted molar refractivity (Wildman–Crippen MR) is 75.2 cm³/mol. The Balaban J connectivity index is 1.76. The smallest absolute Gasteiger partial charge is 0.410 e. The van der Waals surface area contributed by atoms with Crippen LogP contribution >= 0.6 is 0 Å². The average molecular weight is 278 g/mol. The summed E-state index contributed by atoms with van der Waals surface area (Å²) in [6, 6.07) is 5.75. The highest BCUT2D eigenvalue weighted by atomic mass is 16.6. The summed E-state index contributed by atoms with van der Waals surface area (Å²) in [7, 11) is 0. The first kappa shape index (κ1) is 14.8. The number of carbonyl (C=O) groups excluding carboxylic acids is 1. The minimum atomic E-state index is -0.454. The number of pyridine rings is 1. The number of carbonyl (C=O) groups is 1. The molecule has 1 aliphatic heterocycles. The van der Waals surface area contributed by atoms with Crippen LogP contribution < -0.4 is 0 Å². The Labute approximate surface area is 119 Å². The van der Waals surface area contributed by atoms with Crippen LogP contribution in [-0.4, -0.2) is 40.8 Å². The quantitative estimate of drug-likeness (QED) is 0.853. The molecular weight excluding hydrogens is 256 g/mol. The van der Waals surface area contributed by atoms with Gasteiger partial charge in [-0.3, -0.25) is 4.98 Å². The van der Waals surface area contributed by atoms with Crippen molar-refractivity contribution >= 4 is 6.09 Å². The summed E-state index contributed by atoms with van der Waals surface area (Å²) in [6.07, 6.45) is 2.39. The van der Waals surface area contributed by atoms with E-state index in [1.54, 1.807) is 11.1 Å². The third kappa shape index (κ3) is 4.49. The Hall–Kier alpha value is -1.62. The SMILES string of the molecule is CC(C)(C)OC(=O)N1CC[C@H](OCc2ccccn2)C1. The molecule has 0 aliphatic carbocycles. The van der Waals surface area contributed by atoms with Crippen molar-refractivity contribution in [3.05, 3.63) is 30.1 Å². The fourth-order valence-electron chi connectivity index (χ4n) is 2.04. The molecule has 0 bridgehead atoms. The first-order valence-electron chi connectivity index (χ1n) is 6.93. The highest BCUT2D eigenvalue weighted by Gasteiger charge is 2.30. The van der Waals surface area contributed by atoms with E-state index in [4.69, 9.17) is 9.47 Å². The Morgan fingerprint density at radius 2 is 2.25 bits per heavy atom. The summed E-state index contributed by atoms with van der Waals surface area (Å²) in [6.45, 7) is 7.36. The van der Waals surface area contributed by atoms with Crippen molar-refractivity contribution in [2.75, 3.05) is 13.1 Å². The van der Waals surface area contributed by atoms with Gasteiger partial charge in [-0.05, 0) is 39.3 Å². The zero-order valence-corrected chi connectivity index (χ0v) is 12.3. The summed E-state index contributed by atoms with van der Waals surface area (Å²) in [5.74, 6) is 0. The summed E-state index contributed by atoms with van der Waals surface area (Å²) in [5.41, 5.74) is 0.451. The van der Waals surface area contributed by atoms with Gasteiger partial charge in [0.15, 0.2) is 0 Å². The number of rotatable bonds is 3. The molecule has 1 aliphatic rings. The molecule has 1 fully saturated rings. The van der Waals surface area contributed by atoms with E-state index in [1.165, 1.54) is 0 Å². The molecule has 1 atom stereocenters. The number of hydrogen-bond acceptors (Lipinski definition) is 4. The molecule has 0 aromatic carbocycles. The molecule has 2 rings (SSSR count). The summed E-state index contributed by atoms with van der Waals surface area (Å²) in [4.78, 5) is 17.8. The van der Waals surface area contributed by atoms with E-state index in [0.29, 0.717) is 19.7 Å². The second-order valence-electron chi connectivity index (χ2n) is 5.97. The number of amides is 1. The molecule has 0 saturated carbocycles. The topological polar surface area (TPSA) is 51.7 Å². The van der Waals surface area contributed by atoms with Crippen molar-refractivity contribution in [3.63, 3.8) is 0 Å². The van der Waals surface area contributed by atoms with Crippen LogP contribution in [0.15, 0.2) is 24.4 Å². The van der Waals surface area contributed by atoms with E-state index in [2.05, 4.69) is 4.98 Å². The molecule has 1 amide bonds. The largest absolute Gasteiger partial charge is 0.444 e. The van der Waals surface area contributed by atoms with Crippen LogP contribution in [0, 0.1) is 0 Å². The van der Waals surface area contributed by atoms with Gasteiger partial charge in [0.1, 0.15) is 5.60 Å². The van der Waals surface area contributed by atoms with Gasteiger partial charge >= 0.3 is 6.09 Å². The van der Waals surface area contributed by atoms with Gasteiger partial charge in [-0.2, -0.15) is 0 Å². The van der Waals surface area contributed by atoms with Gasteiger partial charge in [0.25, 0.3) is 0 Å². The van der Waals surface area contributed by atoms with Crippen LogP contribution in [0.25, 0.3) is 0 Å². The third-order valence-electron chi connectivity index (χ3n) is 2.99. The van der Waals surface area contributed by atoms with Crippen LogP contribution in [0.1, 0.15) is 32.9 Å². The molecule has 5 nitrogen and oxygen atoms in total. The molecule has 0 spiro atoms. The van der Waals surface area contributed by atoms with Gasteiger partial charge in [-0.25, -0.2) is 4.79 Å². The van der Waals surface area contributed by atoms with Crippen molar-refractivity contribution in [2.24, 2.45) is 0 Å². The molecule has 1 aromatic heterocycles. The minimum Gasteiger partial charge on any atom is -0.444 e. The molecule has 0 radical (unpaired) electrons. The lowest BCUT2D eigenvalue weighted by Crippen LogP contribution is -2.36. The number of aromatic nitrogens is 1. The lowest BCUT2D eigenvalue weighted by Gasteiger charge is -2.24. The van der Waals surface area contributed by atoms with Crippen molar-refractivity contribution in [1.29, 1.82) is 0 Å². The maximum atomic E-state index is 11.9.